The lowest BCUT2D eigenvalue weighted by atomic mass is 9.71. The molecule has 2 aliphatic rings. The van der Waals surface area contributed by atoms with E-state index in [1.54, 1.807) is 6.20 Å². The van der Waals surface area contributed by atoms with E-state index in [1.807, 2.05) is 75.4 Å². The summed E-state index contributed by atoms with van der Waals surface area (Å²) in [6.07, 6.45) is 3.53. The molecule has 238 valence electrons. The number of para-hydroxylation sites is 1. The molecule has 10 nitrogen and oxygen atoms in total. The largest absolute Gasteiger partial charge is 0.453 e. The van der Waals surface area contributed by atoms with Crippen molar-refractivity contribution in [2.24, 2.45) is 0 Å². The van der Waals surface area contributed by atoms with Gasteiger partial charge in [0.25, 0.3) is 0 Å². The number of imidazole rings is 1. The molecule has 0 atom stereocenters. The number of anilines is 3. The highest BCUT2D eigenvalue weighted by atomic mass is 16.6. The van der Waals surface area contributed by atoms with Crippen molar-refractivity contribution in [1.82, 2.24) is 19.9 Å². The van der Waals surface area contributed by atoms with Crippen LogP contribution in [0.25, 0.3) is 39.6 Å². The standard InChI is InChI=1S/C37H36N6O4/c1-36(2,3)47-35(45)42-37(20-8-21-37)25-16-12-24(13-17-25)31-30(23-14-18-26(19-15-23)39-34(44)46-4)41-33-27-9-5-6-10-28(27)40-32-29(43(31)33)11-7-22-38-32/h5-7,9-19,22H,8,20-21H2,1-4H3,(H,38,40)(H,39,44)(H,42,45). The first-order valence-electron chi connectivity index (χ1n) is 15.7. The Bertz CT molecular complexity index is 1970. The molecular weight excluding hydrogens is 592 g/mol. The molecule has 1 aliphatic carbocycles. The van der Waals surface area contributed by atoms with Crippen LogP contribution in [0.4, 0.5) is 26.8 Å². The Labute approximate surface area is 273 Å². The third-order valence-corrected chi connectivity index (χ3v) is 8.57. The van der Waals surface area contributed by atoms with E-state index >= 15 is 0 Å². The average molecular weight is 629 g/mol. The molecular formula is C37H36N6O4. The van der Waals surface area contributed by atoms with Gasteiger partial charge in [-0.05, 0) is 82.0 Å². The second-order valence-electron chi connectivity index (χ2n) is 12.8. The van der Waals surface area contributed by atoms with Gasteiger partial charge in [-0.3, -0.25) is 9.88 Å². The number of alkyl carbamates (subject to hydrolysis) is 1. The Kier molecular flexibility index (Phi) is 7.43. The van der Waals surface area contributed by atoms with Crippen molar-refractivity contribution in [2.45, 2.75) is 51.2 Å². The SMILES string of the molecule is COC(=O)Nc1ccc(-c2nc3n(c2-c2ccc(C4(NC(=O)OC(C)(C)C)CCC4)cc2)-c2cccnc2Nc2ccccc2-3)cc1. The van der Waals surface area contributed by atoms with Gasteiger partial charge in [0, 0.05) is 28.6 Å². The van der Waals surface area contributed by atoms with Crippen LogP contribution in [0, 0.1) is 0 Å². The molecule has 3 N–H and O–H groups in total. The lowest BCUT2D eigenvalue weighted by molar-refractivity contribution is 0.0377. The summed E-state index contributed by atoms with van der Waals surface area (Å²) in [5.41, 5.74) is 6.77. The number of rotatable bonds is 5. The van der Waals surface area contributed by atoms with Crippen LogP contribution < -0.4 is 16.0 Å². The predicted molar refractivity (Wildman–Crippen MR) is 182 cm³/mol. The van der Waals surface area contributed by atoms with Crippen molar-refractivity contribution in [2.75, 3.05) is 17.7 Å². The number of fused-ring (bicyclic) bond motifs is 5. The minimum Gasteiger partial charge on any atom is -0.453 e. The van der Waals surface area contributed by atoms with E-state index in [4.69, 9.17) is 19.4 Å². The van der Waals surface area contributed by atoms with E-state index in [0.29, 0.717) is 11.5 Å². The zero-order chi connectivity index (χ0) is 32.8. The molecule has 1 saturated carbocycles. The molecule has 2 aromatic heterocycles. The molecule has 0 spiro atoms. The number of carbonyl (C=O) groups excluding carboxylic acids is 2. The van der Waals surface area contributed by atoms with Gasteiger partial charge >= 0.3 is 12.2 Å². The van der Waals surface area contributed by atoms with Gasteiger partial charge in [0.05, 0.1) is 35.4 Å². The van der Waals surface area contributed by atoms with Crippen LogP contribution in [-0.2, 0) is 15.0 Å². The van der Waals surface area contributed by atoms with Crippen LogP contribution in [-0.4, -0.2) is 39.4 Å². The first-order valence-corrected chi connectivity index (χ1v) is 15.7. The molecule has 7 rings (SSSR count). The number of carbonyl (C=O) groups is 2. The molecule has 2 amide bonds. The minimum atomic E-state index is -0.582. The summed E-state index contributed by atoms with van der Waals surface area (Å²) < 4.78 is 12.5. The van der Waals surface area contributed by atoms with Gasteiger partial charge in [-0.2, -0.15) is 0 Å². The normalized spacial score (nSPS) is 14.2. The summed E-state index contributed by atoms with van der Waals surface area (Å²) in [6, 6.07) is 27.9. The summed E-state index contributed by atoms with van der Waals surface area (Å²) in [7, 11) is 1.33. The first kappa shape index (κ1) is 30.0. The summed E-state index contributed by atoms with van der Waals surface area (Å²) in [6.45, 7) is 5.60. The van der Waals surface area contributed by atoms with Gasteiger partial charge in [-0.15, -0.1) is 0 Å². The van der Waals surface area contributed by atoms with Gasteiger partial charge in [-0.25, -0.2) is 19.6 Å². The molecule has 0 bridgehead atoms. The topological polar surface area (TPSA) is 119 Å². The molecule has 1 aliphatic heterocycles. The maximum Gasteiger partial charge on any atom is 0.411 e. The number of aromatic nitrogens is 3. The highest BCUT2D eigenvalue weighted by molar-refractivity contribution is 5.91. The second kappa shape index (κ2) is 11.6. The van der Waals surface area contributed by atoms with Crippen LogP contribution in [0.5, 0.6) is 0 Å². The second-order valence-corrected chi connectivity index (χ2v) is 12.8. The zero-order valence-electron chi connectivity index (χ0n) is 26.8. The fraction of sp³-hybridized carbons (Fsp3) is 0.243. The molecule has 5 aromatic rings. The molecule has 47 heavy (non-hydrogen) atoms. The van der Waals surface area contributed by atoms with E-state index in [9.17, 15) is 9.59 Å². The van der Waals surface area contributed by atoms with E-state index in [0.717, 1.165) is 70.1 Å². The zero-order valence-corrected chi connectivity index (χ0v) is 26.8. The number of pyridine rings is 1. The lowest BCUT2D eigenvalue weighted by Gasteiger charge is -2.43. The summed E-state index contributed by atoms with van der Waals surface area (Å²) in [5, 5.41) is 9.39. The quantitative estimate of drug-likeness (QED) is 0.175. The molecule has 0 radical (unpaired) electrons. The number of hydrogen-bond donors (Lipinski definition) is 3. The number of hydrogen-bond acceptors (Lipinski definition) is 7. The van der Waals surface area contributed by atoms with E-state index in [1.165, 1.54) is 7.11 Å². The van der Waals surface area contributed by atoms with E-state index in [-0.39, 0.29) is 0 Å². The monoisotopic (exact) mass is 628 g/mol. The van der Waals surface area contributed by atoms with Crippen LogP contribution in [0.2, 0.25) is 0 Å². The van der Waals surface area contributed by atoms with Crippen LogP contribution in [0.1, 0.15) is 45.6 Å². The smallest absolute Gasteiger partial charge is 0.411 e. The van der Waals surface area contributed by atoms with Gasteiger partial charge in [0.15, 0.2) is 5.82 Å². The molecule has 3 heterocycles. The maximum absolute atomic E-state index is 12.8. The molecule has 0 saturated heterocycles. The van der Waals surface area contributed by atoms with Gasteiger partial charge in [0.2, 0.25) is 0 Å². The van der Waals surface area contributed by atoms with Crippen molar-refractivity contribution in [3.05, 3.63) is 96.7 Å². The molecule has 10 heteroatoms. The van der Waals surface area contributed by atoms with Crippen molar-refractivity contribution in [3.63, 3.8) is 0 Å². The minimum absolute atomic E-state index is 0.412. The molecule has 0 unspecified atom stereocenters. The molecule has 1 fully saturated rings. The molecule has 3 aromatic carbocycles. The van der Waals surface area contributed by atoms with Crippen LogP contribution >= 0.6 is 0 Å². The fourth-order valence-electron chi connectivity index (χ4n) is 6.23. The summed E-state index contributed by atoms with van der Waals surface area (Å²) >= 11 is 0. The Morgan fingerprint density at radius 2 is 1.62 bits per heavy atom. The number of methoxy groups -OCH3 is 1. The van der Waals surface area contributed by atoms with Crippen molar-refractivity contribution in [3.8, 4) is 39.6 Å². The third-order valence-electron chi connectivity index (χ3n) is 8.57. The Morgan fingerprint density at radius 3 is 2.30 bits per heavy atom. The van der Waals surface area contributed by atoms with Crippen LogP contribution in [0.3, 0.4) is 0 Å². The highest BCUT2D eigenvalue weighted by Gasteiger charge is 2.41. The fourth-order valence-corrected chi connectivity index (χ4v) is 6.23. The predicted octanol–water partition coefficient (Wildman–Crippen LogP) is 8.41. The van der Waals surface area contributed by atoms with Gasteiger partial charge < -0.3 is 20.1 Å². The Balaban J connectivity index is 1.37. The Hall–Kier alpha value is -5.64. The number of benzene rings is 3. The highest BCUT2D eigenvalue weighted by Crippen LogP contribution is 2.46. The van der Waals surface area contributed by atoms with Crippen LogP contribution in [0.15, 0.2) is 91.1 Å². The third kappa shape index (κ3) is 5.67. The maximum atomic E-state index is 12.8. The van der Waals surface area contributed by atoms with Gasteiger partial charge in [0.1, 0.15) is 11.4 Å². The summed E-state index contributed by atoms with van der Waals surface area (Å²) in [5.74, 6) is 1.49. The number of nitrogens with one attached hydrogen (secondary N) is 3. The van der Waals surface area contributed by atoms with E-state index in [2.05, 4.69) is 50.8 Å². The Morgan fingerprint density at radius 1 is 0.894 bits per heavy atom. The van der Waals surface area contributed by atoms with E-state index < -0.39 is 23.3 Å². The summed E-state index contributed by atoms with van der Waals surface area (Å²) in [4.78, 5) is 34.6. The first-order chi connectivity index (χ1) is 22.6. The van der Waals surface area contributed by atoms with Crippen molar-refractivity contribution < 1.29 is 19.1 Å². The van der Waals surface area contributed by atoms with Gasteiger partial charge in [-0.1, -0.05) is 48.5 Å². The number of nitrogens with zero attached hydrogens (tertiary/aromatic N) is 3. The van der Waals surface area contributed by atoms with Crippen molar-refractivity contribution in [1.29, 1.82) is 0 Å². The average Bonchev–Trinajstić information content (AvgIpc) is 3.37. The number of amides is 2. The lowest BCUT2D eigenvalue weighted by Crippen LogP contribution is -2.52. The van der Waals surface area contributed by atoms with Crippen molar-refractivity contribution >= 4 is 29.4 Å². The number of ether oxygens (including phenoxy) is 2.